The summed E-state index contributed by atoms with van der Waals surface area (Å²) >= 11 is 0.793. The molecule has 0 aromatic heterocycles. The zero-order chi connectivity index (χ0) is 20.8. The van der Waals surface area contributed by atoms with E-state index in [0.29, 0.717) is 22.6 Å². The van der Waals surface area contributed by atoms with E-state index in [0.717, 1.165) is 16.7 Å². The van der Waals surface area contributed by atoms with Gasteiger partial charge in [0.15, 0.2) is 17.3 Å². The lowest BCUT2D eigenvalue weighted by Crippen LogP contribution is -2.33. The molecule has 1 aliphatic rings. The zero-order valence-electron chi connectivity index (χ0n) is 15.6. The minimum atomic E-state index is -0.504. The largest absolute Gasteiger partial charge is 0.493 e. The quantitative estimate of drug-likeness (QED) is 0.397. The number of methoxy groups -OCH3 is 1. The first kappa shape index (κ1) is 20.2. The van der Waals surface area contributed by atoms with Gasteiger partial charge in [-0.3, -0.25) is 19.3 Å². The molecule has 1 fully saturated rings. The van der Waals surface area contributed by atoms with E-state index >= 15 is 0 Å². The Morgan fingerprint density at radius 2 is 1.93 bits per heavy atom. The molecular weight excluding hydrogens is 390 g/mol. The normalized spacial score (nSPS) is 14.8. The van der Waals surface area contributed by atoms with E-state index in [1.165, 1.54) is 7.11 Å². The second-order valence-electron chi connectivity index (χ2n) is 5.96. The molecule has 0 saturated carbocycles. The summed E-state index contributed by atoms with van der Waals surface area (Å²) < 4.78 is 10.7. The van der Waals surface area contributed by atoms with Gasteiger partial charge < -0.3 is 9.47 Å². The van der Waals surface area contributed by atoms with Gasteiger partial charge in [-0.15, -0.1) is 6.42 Å². The molecule has 0 radical (unpaired) electrons. The fraction of sp³-hybridized carbons (Fsp3) is 0.136. The molecule has 3 rings (SSSR count). The molecule has 2 amide bonds. The highest BCUT2D eigenvalue weighted by atomic mass is 32.2. The Balaban J connectivity index is 1.77. The van der Waals surface area contributed by atoms with Crippen LogP contribution in [0.3, 0.4) is 0 Å². The summed E-state index contributed by atoms with van der Waals surface area (Å²) in [6.07, 6.45) is 6.77. The Bertz CT molecular complexity index is 1020. The predicted molar refractivity (Wildman–Crippen MR) is 111 cm³/mol. The highest BCUT2D eigenvalue weighted by molar-refractivity contribution is 8.18. The number of carbonyl (C=O) groups excluding carboxylic acids is 3. The van der Waals surface area contributed by atoms with Gasteiger partial charge in [0, 0.05) is 5.56 Å². The molecule has 0 unspecified atom stereocenters. The van der Waals surface area contributed by atoms with Gasteiger partial charge in [-0.25, -0.2) is 0 Å². The van der Waals surface area contributed by atoms with Crippen molar-refractivity contribution in [2.75, 3.05) is 20.3 Å². The number of hydrogen-bond donors (Lipinski definition) is 0. The molecule has 0 N–H and O–H groups in total. The third-order valence-electron chi connectivity index (χ3n) is 4.07. The van der Waals surface area contributed by atoms with Crippen molar-refractivity contribution in [2.24, 2.45) is 0 Å². The lowest BCUT2D eigenvalue weighted by molar-refractivity contribution is -0.122. The van der Waals surface area contributed by atoms with E-state index in [4.69, 9.17) is 15.9 Å². The van der Waals surface area contributed by atoms with Crippen LogP contribution >= 0.6 is 11.8 Å². The third kappa shape index (κ3) is 4.68. The molecule has 1 aliphatic heterocycles. The van der Waals surface area contributed by atoms with Crippen molar-refractivity contribution in [3.63, 3.8) is 0 Å². The maximum Gasteiger partial charge on any atom is 0.293 e. The van der Waals surface area contributed by atoms with E-state index in [-0.39, 0.29) is 23.8 Å². The number of imide groups is 1. The molecule has 0 aliphatic carbocycles. The minimum absolute atomic E-state index is 0.101. The summed E-state index contributed by atoms with van der Waals surface area (Å²) in [7, 11) is 1.49. The number of benzene rings is 2. The summed E-state index contributed by atoms with van der Waals surface area (Å²) in [6, 6.07) is 13.6. The number of ether oxygens (including phenoxy) is 2. The standard InChI is InChI=1S/C22H17NO5S/c1-3-11-28-18-10-9-15(12-19(18)27-2)13-20-21(25)23(22(26)29-20)14-17(24)16-7-5-4-6-8-16/h1,4-10,12-13H,11,14H2,2H3/b20-13-. The van der Waals surface area contributed by atoms with Crippen LogP contribution in [0.2, 0.25) is 0 Å². The van der Waals surface area contributed by atoms with Crippen LogP contribution in [-0.2, 0) is 4.79 Å². The van der Waals surface area contributed by atoms with Gasteiger partial charge in [0.2, 0.25) is 0 Å². The fourth-order valence-corrected chi connectivity index (χ4v) is 3.50. The van der Waals surface area contributed by atoms with E-state index in [2.05, 4.69) is 5.92 Å². The Kier molecular flexibility index (Phi) is 6.37. The van der Waals surface area contributed by atoms with Crippen molar-refractivity contribution in [1.29, 1.82) is 0 Å². The van der Waals surface area contributed by atoms with E-state index in [9.17, 15) is 14.4 Å². The first-order valence-electron chi connectivity index (χ1n) is 8.61. The van der Waals surface area contributed by atoms with Gasteiger partial charge in [-0.1, -0.05) is 42.3 Å². The SMILES string of the molecule is C#CCOc1ccc(/C=C2\SC(=O)N(CC(=O)c3ccccc3)C2=O)cc1OC. The van der Waals surface area contributed by atoms with Crippen molar-refractivity contribution < 1.29 is 23.9 Å². The average Bonchev–Trinajstić information content (AvgIpc) is 3.00. The molecule has 7 heteroatoms. The number of rotatable bonds is 7. The van der Waals surface area contributed by atoms with Crippen molar-refractivity contribution >= 4 is 34.8 Å². The molecule has 0 atom stereocenters. The molecule has 1 saturated heterocycles. The number of terminal acetylenes is 1. The molecule has 0 spiro atoms. The molecule has 146 valence electrons. The summed E-state index contributed by atoms with van der Waals surface area (Å²) in [5.74, 6) is 2.50. The van der Waals surface area contributed by atoms with Gasteiger partial charge in [0.25, 0.3) is 11.1 Å². The van der Waals surface area contributed by atoms with E-state index in [1.54, 1.807) is 54.6 Å². The highest BCUT2D eigenvalue weighted by Gasteiger charge is 2.36. The van der Waals surface area contributed by atoms with Crippen molar-refractivity contribution in [1.82, 2.24) is 4.90 Å². The molecule has 6 nitrogen and oxygen atoms in total. The van der Waals surface area contributed by atoms with Gasteiger partial charge in [0.05, 0.1) is 18.6 Å². The number of nitrogens with zero attached hydrogens (tertiary/aromatic N) is 1. The minimum Gasteiger partial charge on any atom is -0.493 e. The number of ketones is 1. The maximum atomic E-state index is 12.6. The highest BCUT2D eigenvalue weighted by Crippen LogP contribution is 2.34. The number of thioether (sulfide) groups is 1. The summed E-state index contributed by atoms with van der Waals surface area (Å²) in [6.45, 7) is -0.196. The Morgan fingerprint density at radius 1 is 1.17 bits per heavy atom. The van der Waals surface area contributed by atoms with Gasteiger partial charge >= 0.3 is 0 Å². The smallest absolute Gasteiger partial charge is 0.293 e. The van der Waals surface area contributed by atoms with Gasteiger partial charge in [-0.05, 0) is 35.5 Å². The number of carbonyl (C=O) groups is 3. The van der Waals surface area contributed by atoms with Gasteiger partial charge in [-0.2, -0.15) is 0 Å². The van der Waals surface area contributed by atoms with Crippen molar-refractivity contribution in [3.05, 3.63) is 64.6 Å². The maximum absolute atomic E-state index is 12.6. The topological polar surface area (TPSA) is 72.9 Å². The lowest BCUT2D eigenvalue weighted by Gasteiger charge is -2.11. The van der Waals surface area contributed by atoms with Crippen LogP contribution in [0, 0.1) is 12.3 Å². The molecular formula is C22H17NO5S. The number of amides is 2. The average molecular weight is 407 g/mol. The predicted octanol–water partition coefficient (Wildman–Crippen LogP) is 3.63. The molecule has 0 bridgehead atoms. The summed E-state index contributed by atoms with van der Waals surface area (Å²) in [5.41, 5.74) is 1.10. The van der Waals surface area contributed by atoms with Crippen molar-refractivity contribution in [2.45, 2.75) is 0 Å². The fourth-order valence-electron chi connectivity index (χ4n) is 2.66. The number of hydrogen-bond acceptors (Lipinski definition) is 6. The second kappa shape index (κ2) is 9.13. The first-order valence-corrected chi connectivity index (χ1v) is 9.43. The monoisotopic (exact) mass is 407 g/mol. The van der Waals surface area contributed by atoms with Crippen LogP contribution in [0.4, 0.5) is 4.79 Å². The van der Waals surface area contributed by atoms with E-state index < -0.39 is 11.1 Å². The van der Waals surface area contributed by atoms with Crippen LogP contribution in [0.1, 0.15) is 15.9 Å². The van der Waals surface area contributed by atoms with Crippen LogP contribution < -0.4 is 9.47 Å². The molecule has 29 heavy (non-hydrogen) atoms. The molecule has 1 heterocycles. The second-order valence-corrected chi connectivity index (χ2v) is 6.95. The Morgan fingerprint density at radius 3 is 2.62 bits per heavy atom. The molecule has 2 aromatic rings. The lowest BCUT2D eigenvalue weighted by atomic mass is 10.1. The third-order valence-corrected chi connectivity index (χ3v) is 4.97. The first-order chi connectivity index (χ1) is 14.0. The van der Waals surface area contributed by atoms with Crippen molar-refractivity contribution in [3.8, 4) is 23.8 Å². The van der Waals surface area contributed by atoms with E-state index in [1.807, 2.05) is 0 Å². The van der Waals surface area contributed by atoms with Crippen LogP contribution in [0.25, 0.3) is 6.08 Å². The Labute approximate surface area is 172 Å². The van der Waals surface area contributed by atoms with Gasteiger partial charge in [0.1, 0.15) is 6.61 Å². The number of Topliss-reactive ketones (excluding diaryl/α,β-unsaturated/α-hetero) is 1. The summed E-state index contributed by atoms with van der Waals surface area (Å²) in [4.78, 5) is 38.4. The molecule has 2 aromatic carbocycles. The van der Waals surface area contributed by atoms with Crippen LogP contribution in [-0.4, -0.2) is 42.1 Å². The summed E-state index contributed by atoms with van der Waals surface area (Å²) in [5, 5.41) is -0.480. The Hall–Kier alpha value is -3.50. The van der Waals surface area contributed by atoms with Crippen LogP contribution in [0.5, 0.6) is 11.5 Å². The zero-order valence-corrected chi connectivity index (χ0v) is 16.4. The van der Waals surface area contributed by atoms with Crippen LogP contribution in [0.15, 0.2) is 53.4 Å².